The Hall–Kier alpha value is -2.45. The van der Waals surface area contributed by atoms with Gasteiger partial charge in [0.1, 0.15) is 11.8 Å². The van der Waals surface area contributed by atoms with Gasteiger partial charge in [0.25, 0.3) is 5.91 Å². The minimum Gasteiger partial charge on any atom is -0.383 e. The van der Waals surface area contributed by atoms with E-state index in [1.807, 2.05) is 13.0 Å². The maximum atomic E-state index is 13.4. The Morgan fingerprint density at radius 3 is 2.52 bits per heavy atom. The van der Waals surface area contributed by atoms with Gasteiger partial charge in [-0.1, -0.05) is 25.1 Å². The summed E-state index contributed by atoms with van der Waals surface area (Å²) in [6.07, 6.45) is 1.42. The lowest BCUT2D eigenvalue weighted by atomic mass is 9.96. The van der Waals surface area contributed by atoms with Crippen molar-refractivity contribution in [2.45, 2.75) is 38.0 Å². The van der Waals surface area contributed by atoms with Gasteiger partial charge in [-0.3, -0.25) is 19.3 Å². The maximum absolute atomic E-state index is 13.4. The van der Waals surface area contributed by atoms with Crippen LogP contribution in [-0.2, 0) is 19.1 Å². The summed E-state index contributed by atoms with van der Waals surface area (Å²) in [6, 6.07) is 8.21. The molecule has 1 atom stereocenters. The van der Waals surface area contributed by atoms with E-state index in [0.29, 0.717) is 51.1 Å². The summed E-state index contributed by atoms with van der Waals surface area (Å²) in [7, 11) is 1.57. The lowest BCUT2D eigenvalue weighted by Gasteiger charge is -2.44. The minimum absolute atomic E-state index is 0.0904. The van der Waals surface area contributed by atoms with Gasteiger partial charge >= 0.3 is 0 Å². The number of nitrogens with one attached hydrogen (secondary N) is 1. The molecule has 1 aromatic rings. The van der Waals surface area contributed by atoms with E-state index in [1.165, 1.54) is 0 Å². The van der Waals surface area contributed by atoms with Crippen molar-refractivity contribution in [3.05, 3.63) is 35.9 Å². The van der Waals surface area contributed by atoms with Crippen LogP contribution in [0.4, 0.5) is 0 Å². The molecule has 1 N–H and O–H groups in total. The van der Waals surface area contributed by atoms with Crippen LogP contribution in [0.25, 0.3) is 0 Å². The topological polar surface area (TPSA) is 88.2 Å². The predicted octanol–water partition coefficient (Wildman–Crippen LogP) is 1.02. The molecule has 2 saturated heterocycles. The van der Waals surface area contributed by atoms with Crippen molar-refractivity contribution in [1.29, 1.82) is 0 Å². The Kier molecular flexibility index (Phi) is 6.87. The number of rotatable bonds is 6. The average molecular weight is 403 g/mol. The molecule has 8 heteroatoms. The number of piperidine rings is 1. The van der Waals surface area contributed by atoms with Gasteiger partial charge < -0.3 is 19.7 Å². The number of likely N-dealkylation sites (tertiary alicyclic amines) is 1. The first kappa shape index (κ1) is 21.3. The molecule has 1 spiro atoms. The molecule has 3 amide bonds. The van der Waals surface area contributed by atoms with Crippen molar-refractivity contribution in [3.8, 4) is 0 Å². The van der Waals surface area contributed by atoms with Gasteiger partial charge in [0.15, 0.2) is 0 Å². The largest absolute Gasteiger partial charge is 0.383 e. The summed E-state index contributed by atoms with van der Waals surface area (Å²) in [5.41, 5.74) is -0.361. The number of carbonyl (C=O) groups excluding carboxylic acids is 3. The van der Waals surface area contributed by atoms with Gasteiger partial charge in [-0.05, 0) is 12.1 Å². The van der Waals surface area contributed by atoms with Crippen LogP contribution < -0.4 is 5.32 Å². The quantitative estimate of drug-likeness (QED) is 0.717. The summed E-state index contributed by atoms with van der Waals surface area (Å²) in [5, 5.41) is 2.82. The molecule has 0 saturated carbocycles. The van der Waals surface area contributed by atoms with Crippen molar-refractivity contribution in [2.75, 3.05) is 40.0 Å². The highest BCUT2D eigenvalue weighted by Gasteiger charge is 2.54. The van der Waals surface area contributed by atoms with Crippen molar-refractivity contribution in [2.24, 2.45) is 0 Å². The predicted molar refractivity (Wildman–Crippen MR) is 106 cm³/mol. The zero-order valence-electron chi connectivity index (χ0n) is 17.1. The molecule has 0 bridgehead atoms. The molecule has 0 aliphatic carbocycles. The van der Waals surface area contributed by atoms with Crippen molar-refractivity contribution in [3.63, 3.8) is 0 Å². The fraction of sp³-hybridized carbons (Fsp3) is 0.571. The molecule has 158 valence electrons. The van der Waals surface area contributed by atoms with Crippen molar-refractivity contribution in [1.82, 2.24) is 15.1 Å². The van der Waals surface area contributed by atoms with Crippen LogP contribution in [-0.4, -0.2) is 79.2 Å². The Morgan fingerprint density at radius 1 is 1.21 bits per heavy atom. The number of hydrogen-bond donors (Lipinski definition) is 1. The Labute approximate surface area is 171 Å². The molecule has 2 fully saturated rings. The minimum atomic E-state index is -0.874. The van der Waals surface area contributed by atoms with Gasteiger partial charge in [0.05, 0.1) is 13.2 Å². The molecule has 0 aromatic heterocycles. The molecule has 2 aliphatic heterocycles. The second kappa shape index (κ2) is 9.37. The third-order valence-corrected chi connectivity index (χ3v) is 5.61. The number of amides is 3. The first-order chi connectivity index (χ1) is 14.0. The summed E-state index contributed by atoms with van der Waals surface area (Å²) in [6.45, 7) is 3.74. The van der Waals surface area contributed by atoms with E-state index >= 15 is 0 Å². The standard InChI is InChI=1S/C21H29N3O5/c1-3-18(25)23-12-9-21(10-13-23)24(20(27)16-7-5-4-6-8-16)17(15-29-21)19(26)22-11-14-28-2/h4-8,17H,3,9-15H2,1-2H3,(H,22,26). The first-order valence-electron chi connectivity index (χ1n) is 10.1. The Morgan fingerprint density at radius 2 is 1.90 bits per heavy atom. The van der Waals surface area contributed by atoms with E-state index in [2.05, 4.69) is 5.32 Å². The average Bonchev–Trinajstić information content (AvgIpc) is 3.12. The van der Waals surface area contributed by atoms with Gasteiger partial charge in [-0.25, -0.2) is 0 Å². The third-order valence-electron chi connectivity index (χ3n) is 5.61. The van der Waals surface area contributed by atoms with Crippen LogP contribution in [0.1, 0.15) is 36.5 Å². The van der Waals surface area contributed by atoms with Gasteiger partial charge in [-0.2, -0.15) is 0 Å². The third kappa shape index (κ3) is 4.43. The molecule has 8 nitrogen and oxygen atoms in total. The van der Waals surface area contributed by atoms with Crippen LogP contribution in [0.2, 0.25) is 0 Å². The van der Waals surface area contributed by atoms with Crippen LogP contribution in [0.15, 0.2) is 30.3 Å². The summed E-state index contributed by atoms with van der Waals surface area (Å²) in [4.78, 5) is 41.7. The molecule has 1 unspecified atom stereocenters. The smallest absolute Gasteiger partial charge is 0.256 e. The van der Waals surface area contributed by atoms with E-state index < -0.39 is 11.8 Å². The summed E-state index contributed by atoms with van der Waals surface area (Å²) in [5.74, 6) is -0.395. The number of benzene rings is 1. The molecule has 1 aromatic carbocycles. The zero-order valence-corrected chi connectivity index (χ0v) is 17.1. The van der Waals surface area contributed by atoms with E-state index in [-0.39, 0.29) is 24.3 Å². The molecule has 2 aliphatic rings. The van der Waals surface area contributed by atoms with E-state index in [9.17, 15) is 14.4 Å². The molecular weight excluding hydrogens is 374 g/mol. The highest BCUT2D eigenvalue weighted by atomic mass is 16.5. The first-order valence-corrected chi connectivity index (χ1v) is 10.1. The molecule has 29 heavy (non-hydrogen) atoms. The van der Waals surface area contributed by atoms with E-state index in [1.54, 1.807) is 41.2 Å². The number of ether oxygens (including phenoxy) is 2. The fourth-order valence-electron chi connectivity index (χ4n) is 4.01. The zero-order chi connectivity index (χ0) is 20.9. The van der Waals surface area contributed by atoms with Gasteiger partial charge in [0.2, 0.25) is 11.8 Å². The highest BCUT2D eigenvalue weighted by molar-refractivity contribution is 5.98. The molecular formula is C21H29N3O5. The maximum Gasteiger partial charge on any atom is 0.256 e. The van der Waals surface area contributed by atoms with Crippen LogP contribution >= 0.6 is 0 Å². The lowest BCUT2D eigenvalue weighted by molar-refractivity contribution is -0.143. The normalized spacial score (nSPS) is 20.7. The number of nitrogens with zero attached hydrogens (tertiary/aromatic N) is 2. The van der Waals surface area contributed by atoms with Crippen LogP contribution in [0.3, 0.4) is 0 Å². The van der Waals surface area contributed by atoms with Crippen LogP contribution in [0, 0.1) is 0 Å². The molecule has 2 heterocycles. The Bertz CT molecular complexity index is 731. The van der Waals surface area contributed by atoms with Gasteiger partial charge in [0, 0.05) is 51.6 Å². The molecule has 3 rings (SSSR count). The second-order valence-corrected chi connectivity index (χ2v) is 7.33. The summed E-state index contributed by atoms with van der Waals surface area (Å²) >= 11 is 0. The Balaban J connectivity index is 1.83. The number of carbonyl (C=O) groups is 3. The SMILES string of the molecule is CCC(=O)N1CCC2(CC1)OCC(C(=O)NCCOC)N2C(=O)c1ccccc1. The monoisotopic (exact) mass is 403 g/mol. The second-order valence-electron chi connectivity index (χ2n) is 7.33. The van der Waals surface area contributed by atoms with E-state index in [4.69, 9.17) is 9.47 Å². The highest BCUT2D eigenvalue weighted by Crippen LogP contribution is 2.38. The van der Waals surface area contributed by atoms with Crippen molar-refractivity contribution < 1.29 is 23.9 Å². The van der Waals surface area contributed by atoms with Gasteiger partial charge in [-0.15, -0.1) is 0 Å². The van der Waals surface area contributed by atoms with E-state index in [0.717, 1.165) is 0 Å². The van der Waals surface area contributed by atoms with Crippen LogP contribution in [0.5, 0.6) is 0 Å². The number of hydrogen-bond acceptors (Lipinski definition) is 5. The summed E-state index contributed by atoms with van der Waals surface area (Å²) < 4.78 is 11.1. The number of methoxy groups -OCH3 is 1. The van der Waals surface area contributed by atoms with Crippen molar-refractivity contribution >= 4 is 17.7 Å². The fourth-order valence-corrected chi connectivity index (χ4v) is 4.01. The molecule has 0 radical (unpaired) electrons. The lowest BCUT2D eigenvalue weighted by Crippen LogP contribution is -2.60.